The van der Waals surface area contributed by atoms with E-state index in [4.69, 9.17) is 5.73 Å². The number of nitrogens with two attached hydrogens (primary N) is 1. The quantitative estimate of drug-likeness (QED) is 0.809. The number of aromatic nitrogens is 1. The summed E-state index contributed by atoms with van der Waals surface area (Å²) in [6, 6.07) is 13.3. The second-order valence-electron chi connectivity index (χ2n) is 8.24. The molecule has 2 N–H and O–H groups in total. The van der Waals surface area contributed by atoms with E-state index in [1.165, 1.54) is 0 Å². The van der Waals surface area contributed by atoms with Gasteiger partial charge < -0.3 is 10.6 Å². The van der Waals surface area contributed by atoms with Crippen LogP contribution in [-0.4, -0.2) is 23.2 Å². The third-order valence-electron chi connectivity index (χ3n) is 6.53. The van der Waals surface area contributed by atoms with Crippen molar-refractivity contribution in [2.45, 2.75) is 38.0 Å². The molecule has 1 aliphatic carbocycles. The monoisotopic (exact) mass is 425 g/mol. The van der Waals surface area contributed by atoms with Crippen molar-refractivity contribution in [1.82, 2.24) is 4.98 Å². The molecule has 0 fully saturated rings. The molecule has 5 rings (SSSR count). The van der Waals surface area contributed by atoms with Crippen molar-refractivity contribution < 1.29 is 9.59 Å². The van der Waals surface area contributed by atoms with Gasteiger partial charge in [0.05, 0.1) is 17.5 Å². The predicted molar refractivity (Wildman–Crippen MR) is 120 cm³/mol. The number of Topliss-reactive ketones (excluding diaryl/α,β-unsaturated/α-hetero) is 1. The molecule has 0 radical (unpaired) electrons. The number of ketones is 1. The van der Waals surface area contributed by atoms with E-state index in [0.717, 1.165) is 12.1 Å². The van der Waals surface area contributed by atoms with Gasteiger partial charge in [0.1, 0.15) is 17.3 Å². The number of nitrogens with zero attached hydrogens (tertiary/aromatic N) is 4. The van der Waals surface area contributed by atoms with Crippen molar-refractivity contribution in [2.24, 2.45) is 5.73 Å². The molecule has 1 spiro atoms. The summed E-state index contributed by atoms with van der Waals surface area (Å²) in [5.74, 6) is -0.203. The maximum absolute atomic E-state index is 14.2. The van der Waals surface area contributed by atoms with E-state index >= 15 is 0 Å². The zero-order chi connectivity index (χ0) is 22.5. The Morgan fingerprint density at radius 1 is 1.19 bits per heavy atom. The van der Waals surface area contributed by atoms with Crippen molar-refractivity contribution in [3.63, 3.8) is 0 Å². The molecule has 160 valence electrons. The first-order chi connectivity index (χ1) is 15.6. The number of benzene rings is 1. The lowest BCUT2D eigenvalue weighted by molar-refractivity contribution is -0.124. The molecule has 1 atom stereocenters. The molecule has 0 saturated heterocycles. The first-order valence-corrected chi connectivity index (χ1v) is 10.9. The van der Waals surface area contributed by atoms with Crippen LogP contribution in [0.5, 0.6) is 0 Å². The fourth-order valence-corrected chi connectivity index (χ4v) is 5.35. The van der Waals surface area contributed by atoms with Gasteiger partial charge in [-0.3, -0.25) is 19.5 Å². The zero-order valence-corrected chi connectivity index (χ0v) is 17.8. The maximum Gasteiger partial charge on any atom is 0.247 e. The second-order valence-corrected chi connectivity index (χ2v) is 8.24. The summed E-state index contributed by atoms with van der Waals surface area (Å²) in [5, 5.41) is 10.4. The highest BCUT2D eigenvalue weighted by molar-refractivity contribution is 6.20. The smallest absolute Gasteiger partial charge is 0.247 e. The highest BCUT2D eigenvalue weighted by atomic mass is 16.2. The lowest BCUT2D eigenvalue weighted by Gasteiger charge is -2.43. The van der Waals surface area contributed by atoms with Crippen LogP contribution < -0.4 is 15.5 Å². The third kappa shape index (κ3) is 2.43. The van der Waals surface area contributed by atoms with Crippen LogP contribution in [0.25, 0.3) is 0 Å². The number of carbonyl (C=O) groups excluding carboxylic acids is 2. The summed E-state index contributed by atoms with van der Waals surface area (Å²) in [5.41, 5.74) is 8.38. The van der Waals surface area contributed by atoms with Crippen molar-refractivity contribution >= 4 is 23.1 Å². The van der Waals surface area contributed by atoms with Crippen molar-refractivity contribution in [3.8, 4) is 6.07 Å². The number of pyridine rings is 1. The molecule has 32 heavy (non-hydrogen) atoms. The summed E-state index contributed by atoms with van der Waals surface area (Å²) < 4.78 is 0. The molecule has 0 bridgehead atoms. The molecule has 1 unspecified atom stereocenters. The molecular weight excluding hydrogens is 402 g/mol. The van der Waals surface area contributed by atoms with E-state index in [1.54, 1.807) is 28.3 Å². The van der Waals surface area contributed by atoms with Gasteiger partial charge in [0.15, 0.2) is 5.78 Å². The number of rotatable bonds is 3. The minimum absolute atomic E-state index is 0.103. The summed E-state index contributed by atoms with van der Waals surface area (Å²) in [6.07, 6.45) is 5.63. The lowest BCUT2D eigenvalue weighted by atomic mass is 9.64. The average molecular weight is 425 g/mol. The topological polar surface area (TPSA) is 103 Å². The number of hydrogen-bond acceptors (Lipinski definition) is 6. The van der Waals surface area contributed by atoms with E-state index < -0.39 is 5.41 Å². The number of carbonyl (C=O) groups is 2. The largest absolute Gasteiger partial charge is 0.384 e. The van der Waals surface area contributed by atoms with Crippen LogP contribution in [0, 0.1) is 11.3 Å². The normalized spacial score (nSPS) is 22.4. The van der Waals surface area contributed by atoms with Crippen LogP contribution in [-0.2, 0) is 15.0 Å². The van der Waals surface area contributed by atoms with Crippen LogP contribution in [0.2, 0.25) is 0 Å². The summed E-state index contributed by atoms with van der Waals surface area (Å²) in [7, 11) is 0. The Morgan fingerprint density at radius 3 is 2.72 bits per heavy atom. The number of anilines is 2. The Morgan fingerprint density at radius 2 is 2.00 bits per heavy atom. The Labute approximate surface area is 186 Å². The lowest BCUT2D eigenvalue weighted by Crippen LogP contribution is -2.52. The molecule has 7 nitrogen and oxygen atoms in total. The number of fused-ring (bicyclic) bond motifs is 3. The Hall–Kier alpha value is -3.92. The van der Waals surface area contributed by atoms with Gasteiger partial charge in [-0.25, -0.2) is 0 Å². The minimum Gasteiger partial charge on any atom is -0.384 e. The Bertz CT molecular complexity index is 1240. The number of nitriles is 1. The summed E-state index contributed by atoms with van der Waals surface area (Å²) in [6.45, 7) is 2.50. The van der Waals surface area contributed by atoms with E-state index in [9.17, 15) is 14.9 Å². The van der Waals surface area contributed by atoms with Gasteiger partial charge in [-0.15, -0.1) is 0 Å². The highest BCUT2D eigenvalue weighted by Crippen LogP contribution is 2.56. The number of allylic oxidation sites excluding steroid dienone is 1. The molecule has 2 aromatic rings. The zero-order valence-electron chi connectivity index (χ0n) is 17.8. The van der Waals surface area contributed by atoms with E-state index in [0.29, 0.717) is 48.3 Å². The Balaban J connectivity index is 1.88. The van der Waals surface area contributed by atoms with Gasteiger partial charge >= 0.3 is 0 Å². The van der Waals surface area contributed by atoms with Crippen molar-refractivity contribution in [1.29, 1.82) is 5.26 Å². The molecule has 0 saturated carbocycles. The molecular formula is C25H23N5O2. The van der Waals surface area contributed by atoms with Gasteiger partial charge in [0, 0.05) is 41.7 Å². The standard InChI is InChI=1S/C25H23N5O2/c1-2-13-29-19-9-4-3-8-17(19)25(24(29)32)18(14-26)23(27)30(16-7-6-12-28-15-16)20-10-5-11-21(31)22(20)25/h3-4,6-9,12,15H,2,5,10-11,13,27H2,1H3. The van der Waals surface area contributed by atoms with Crippen molar-refractivity contribution in [2.75, 3.05) is 16.3 Å². The Kier molecular flexibility index (Phi) is 4.59. The highest BCUT2D eigenvalue weighted by Gasteiger charge is 2.62. The van der Waals surface area contributed by atoms with Gasteiger partial charge in [-0.05, 0) is 37.5 Å². The van der Waals surface area contributed by atoms with E-state index in [-0.39, 0.29) is 23.1 Å². The van der Waals surface area contributed by atoms with E-state index in [1.807, 2.05) is 37.3 Å². The van der Waals surface area contributed by atoms with E-state index in [2.05, 4.69) is 11.1 Å². The minimum atomic E-state index is -1.50. The van der Waals surface area contributed by atoms with Crippen LogP contribution in [0.3, 0.4) is 0 Å². The van der Waals surface area contributed by atoms with Gasteiger partial charge in [0.2, 0.25) is 5.91 Å². The predicted octanol–water partition coefficient (Wildman–Crippen LogP) is 3.30. The fraction of sp³-hybridized carbons (Fsp3) is 0.280. The first-order valence-electron chi connectivity index (χ1n) is 10.9. The number of amides is 1. The molecule has 2 aliphatic heterocycles. The van der Waals surface area contributed by atoms with Crippen molar-refractivity contribution in [3.05, 3.63) is 77.0 Å². The van der Waals surface area contributed by atoms with Crippen LogP contribution >= 0.6 is 0 Å². The molecule has 1 aromatic carbocycles. The fourth-order valence-electron chi connectivity index (χ4n) is 5.35. The van der Waals surface area contributed by atoms with Gasteiger partial charge in [-0.2, -0.15) is 5.26 Å². The van der Waals surface area contributed by atoms with Crippen LogP contribution in [0.4, 0.5) is 11.4 Å². The molecule has 1 aromatic heterocycles. The summed E-state index contributed by atoms with van der Waals surface area (Å²) >= 11 is 0. The number of para-hydroxylation sites is 1. The van der Waals surface area contributed by atoms with Crippen LogP contribution in [0.1, 0.15) is 38.2 Å². The molecule has 7 heteroatoms. The molecule has 3 aliphatic rings. The average Bonchev–Trinajstić information content (AvgIpc) is 3.04. The third-order valence-corrected chi connectivity index (χ3v) is 6.53. The second kappa shape index (κ2) is 7.34. The maximum atomic E-state index is 14.2. The van der Waals surface area contributed by atoms with Crippen LogP contribution in [0.15, 0.2) is 71.5 Å². The summed E-state index contributed by atoms with van der Waals surface area (Å²) in [4.78, 5) is 35.3. The SMILES string of the molecule is CCCN1C(=O)C2(C(C#N)=C(N)N(c3cccnc3)C3=C2C(=O)CCC3)c2ccccc21. The van der Waals surface area contributed by atoms with Gasteiger partial charge in [-0.1, -0.05) is 25.1 Å². The number of hydrogen-bond donors (Lipinski definition) is 1. The molecule has 1 amide bonds. The first kappa shape index (κ1) is 20.0. The van der Waals surface area contributed by atoms with Gasteiger partial charge in [0.25, 0.3) is 0 Å². The molecule has 3 heterocycles.